The van der Waals surface area contributed by atoms with Crippen LogP contribution in [0.15, 0.2) is 42.5 Å². The van der Waals surface area contributed by atoms with Crippen LogP contribution in [0.5, 0.6) is 0 Å². The highest BCUT2D eigenvalue weighted by molar-refractivity contribution is 5.76. The largest absolute Gasteiger partial charge is 0.481 e. The summed E-state index contributed by atoms with van der Waals surface area (Å²) in [5, 5.41) is 10.6. The van der Waals surface area contributed by atoms with Gasteiger partial charge in [0.25, 0.3) is 0 Å². The fourth-order valence-electron chi connectivity index (χ4n) is 12.5. The van der Waals surface area contributed by atoms with Gasteiger partial charge in [0, 0.05) is 0 Å². The predicted octanol–water partition coefficient (Wildman–Crippen LogP) is 9.98. The van der Waals surface area contributed by atoms with Gasteiger partial charge in [-0.25, -0.2) is 0 Å². The first-order valence-corrected chi connectivity index (χ1v) is 16.4. The Morgan fingerprint density at radius 2 is 1.60 bits per heavy atom. The topological polar surface area (TPSA) is 37.3 Å². The van der Waals surface area contributed by atoms with Gasteiger partial charge in [-0.2, -0.15) is 0 Å². The minimum atomic E-state index is -0.532. The van der Waals surface area contributed by atoms with Gasteiger partial charge < -0.3 is 5.11 Å². The molecule has 1 N–H and O–H groups in total. The lowest BCUT2D eigenvalue weighted by Crippen LogP contribution is -2.65. The molecule has 40 heavy (non-hydrogen) atoms. The van der Waals surface area contributed by atoms with Gasteiger partial charge in [-0.3, -0.25) is 4.79 Å². The van der Waals surface area contributed by atoms with Crippen LogP contribution in [0.25, 0.3) is 5.57 Å². The molecule has 1 aromatic carbocycles. The average molecular weight is 543 g/mol. The van der Waals surface area contributed by atoms with E-state index in [9.17, 15) is 9.90 Å². The van der Waals surface area contributed by atoms with Gasteiger partial charge in [0.15, 0.2) is 0 Å². The monoisotopic (exact) mass is 542 g/mol. The highest BCUT2D eigenvalue weighted by Crippen LogP contribution is 2.77. The van der Waals surface area contributed by atoms with Crippen LogP contribution in [-0.2, 0) is 11.2 Å². The van der Waals surface area contributed by atoms with Crippen molar-refractivity contribution in [1.29, 1.82) is 0 Å². The van der Waals surface area contributed by atoms with Crippen molar-refractivity contribution >= 4 is 11.5 Å². The van der Waals surface area contributed by atoms with Crippen molar-refractivity contribution in [1.82, 2.24) is 0 Å². The second kappa shape index (κ2) is 9.08. The molecular weight excluding hydrogens is 488 g/mol. The van der Waals surface area contributed by atoms with Crippen molar-refractivity contribution in [2.75, 3.05) is 0 Å². The molecule has 4 fully saturated rings. The Balaban J connectivity index is 1.38. The molecule has 2 heteroatoms. The zero-order valence-electron chi connectivity index (χ0n) is 26.4. The van der Waals surface area contributed by atoms with Crippen molar-refractivity contribution in [2.45, 2.75) is 113 Å². The van der Waals surface area contributed by atoms with E-state index in [4.69, 9.17) is 0 Å². The molecule has 4 saturated carbocycles. The summed E-state index contributed by atoms with van der Waals surface area (Å²) >= 11 is 0. The molecule has 1 aromatic rings. The Kier molecular flexibility index (Phi) is 6.43. The van der Waals surface area contributed by atoms with Gasteiger partial charge in [0.1, 0.15) is 0 Å². The molecule has 5 aliphatic rings. The molecule has 0 spiro atoms. The van der Waals surface area contributed by atoms with Crippen LogP contribution in [0.4, 0.5) is 0 Å². The van der Waals surface area contributed by atoms with Gasteiger partial charge in [-0.05, 0) is 139 Å². The summed E-state index contributed by atoms with van der Waals surface area (Å²) in [5.74, 6) is 1.94. The standard InChI is InChI=1S/C38H54O2/c1-9-25-10-12-26(13-11-25)28-17-19-35(6)30(34(28,4)5)18-20-37(8)31(35)15-14-29-32-27(24(2)3)16-21-38(32,33(39)40)23-22-36(29,37)7/h10-13,17,27,29-32H,2,9,14-16,18-23H2,1,3-8H3,(H,39,40). The Bertz CT molecular complexity index is 1240. The molecule has 218 valence electrons. The SMILES string of the molecule is C=C(C)C1CCC2(C(=O)O)CCC3(C)C(CCC4C5(C)CC=C(c6ccc(CC)cc6)C(C)(C)C5CCC43C)C12. The number of carboxylic acids is 1. The maximum atomic E-state index is 12.9. The molecule has 9 unspecified atom stereocenters. The number of aliphatic carboxylic acids is 1. The molecule has 5 aliphatic carbocycles. The first kappa shape index (κ1) is 28.3. The number of aryl methyl sites for hydroxylation is 1. The summed E-state index contributed by atoms with van der Waals surface area (Å²) < 4.78 is 0. The maximum absolute atomic E-state index is 12.9. The third-order valence-electron chi connectivity index (χ3n) is 14.7. The van der Waals surface area contributed by atoms with Crippen LogP contribution >= 0.6 is 0 Å². The second-order valence-electron chi connectivity index (χ2n) is 16.2. The molecule has 2 nitrogen and oxygen atoms in total. The second-order valence-corrected chi connectivity index (χ2v) is 16.2. The number of fused-ring (bicyclic) bond motifs is 7. The number of hydrogen-bond donors (Lipinski definition) is 1. The molecule has 6 rings (SSSR count). The van der Waals surface area contributed by atoms with Gasteiger partial charge in [0.2, 0.25) is 0 Å². The molecule has 0 amide bonds. The quantitative estimate of drug-likeness (QED) is 0.384. The predicted molar refractivity (Wildman–Crippen MR) is 166 cm³/mol. The van der Waals surface area contributed by atoms with E-state index in [2.05, 4.69) is 85.4 Å². The van der Waals surface area contributed by atoms with Gasteiger partial charge in [-0.1, -0.05) is 84.0 Å². The molecule has 0 bridgehead atoms. The van der Waals surface area contributed by atoms with Crippen molar-refractivity contribution in [2.24, 2.45) is 56.7 Å². The van der Waals surface area contributed by atoms with Crippen LogP contribution in [0.1, 0.15) is 117 Å². The molecular formula is C38H54O2. The first-order valence-electron chi connectivity index (χ1n) is 16.4. The van der Waals surface area contributed by atoms with Gasteiger partial charge in [-0.15, -0.1) is 0 Å². The summed E-state index contributed by atoms with van der Waals surface area (Å²) in [6.45, 7) is 21.8. The lowest BCUT2D eigenvalue weighted by atomic mass is 9.32. The summed E-state index contributed by atoms with van der Waals surface area (Å²) in [4.78, 5) is 12.9. The highest BCUT2D eigenvalue weighted by Gasteiger charge is 2.71. The fraction of sp³-hybridized carbons (Fsp3) is 0.711. The van der Waals surface area contributed by atoms with Crippen LogP contribution in [-0.4, -0.2) is 11.1 Å². The lowest BCUT2D eigenvalue weighted by Gasteiger charge is -2.72. The zero-order valence-corrected chi connectivity index (χ0v) is 26.4. The normalized spacial score (nSPS) is 45.4. The van der Waals surface area contributed by atoms with Crippen LogP contribution in [0, 0.1) is 56.7 Å². The Hall–Kier alpha value is -1.83. The Morgan fingerprint density at radius 3 is 2.23 bits per heavy atom. The molecule has 0 aliphatic heterocycles. The summed E-state index contributed by atoms with van der Waals surface area (Å²) in [6, 6.07) is 9.37. The minimum Gasteiger partial charge on any atom is -0.481 e. The number of carbonyl (C=O) groups is 1. The van der Waals surface area contributed by atoms with E-state index >= 15 is 0 Å². The minimum absolute atomic E-state index is 0.140. The number of hydrogen-bond acceptors (Lipinski definition) is 1. The zero-order chi connectivity index (χ0) is 28.9. The number of rotatable bonds is 4. The highest BCUT2D eigenvalue weighted by atomic mass is 16.4. The molecule has 0 heterocycles. The molecule has 0 saturated heterocycles. The van der Waals surface area contributed by atoms with Gasteiger partial charge in [0.05, 0.1) is 5.41 Å². The van der Waals surface area contributed by atoms with E-state index in [1.165, 1.54) is 48.8 Å². The van der Waals surface area contributed by atoms with E-state index in [0.29, 0.717) is 23.7 Å². The Morgan fingerprint density at radius 1 is 0.900 bits per heavy atom. The fourth-order valence-corrected chi connectivity index (χ4v) is 12.5. The summed E-state index contributed by atoms with van der Waals surface area (Å²) in [5.41, 5.74) is 5.93. The van der Waals surface area contributed by atoms with Crippen LogP contribution in [0.2, 0.25) is 0 Å². The first-order chi connectivity index (χ1) is 18.8. The smallest absolute Gasteiger partial charge is 0.309 e. The number of allylic oxidation sites excluding steroid dienone is 3. The van der Waals surface area contributed by atoms with Crippen molar-refractivity contribution in [3.8, 4) is 0 Å². The summed E-state index contributed by atoms with van der Waals surface area (Å²) in [7, 11) is 0. The van der Waals surface area contributed by atoms with E-state index in [0.717, 1.165) is 32.1 Å². The van der Waals surface area contributed by atoms with Crippen molar-refractivity contribution in [3.63, 3.8) is 0 Å². The average Bonchev–Trinajstić information content (AvgIpc) is 3.30. The third kappa shape index (κ3) is 3.49. The summed E-state index contributed by atoms with van der Waals surface area (Å²) in [6.07, 6.45) is 13.7. The van der Waals surface area contributed by atoms with E-state index in [-0.39, 0.29) is 27.6 Å². The molecule has 0 aromatic heterocycles. The number of benzene rings is 1. The Labute approximate surface area is 244 Å². The lowest BCUT2D eigenvalue weighted by molar-refractivity contribution is -0.227. The van der Waals surface area contributed by atoms with E-state index in [1.54, 1.807) is 5.57 Å². The number of carboxylic acid groups (broad SMARTS) is 1. The molecule has 9 atom stereocenters. The van der Waals surface area contributed by atoms with Crippen LogP contribution in [0.3, 0.4) is 0 Å². The third-order valence-corrected chi connectivity index (χ3v) is 14.7. The van der Waals surface area contributed by atoms with Gasteiger partial charge >= 0.3 is 5.97 Å². The van der Waals surface area contributed by atoms with E-state index < -0.39 is 11.4 Å². The molecule has 0 radical (unpaired) electrons. The maximum Gasteiger partial charge on any atom is 0.309 e. The van der Waals surface area contributed by atoms with Crippen LogP contribution < -0.4 is 0 Å². The van der Waals surface area contributed by atoms with Crippen molar-refractivity contribution in [3.05, 3.63) is 53.6 Å². The van der Waals surface area contributed by atoms with E-state index in [1.807, 2.05) is 0 Å². The van der Waals surface area contributed by atoms with Crippen molar-refractivity contribution < 1.29 is 9.90 Å².